The summed E-state index contributed by atoms with van der Waals surface area (Å²) in [4.78, 5) is 27.1. The van der Waals surface area contributed by atoms with Crippen molar-refractivity contribution in [3.05, 3.63) is 82.5 Å². The number of carbonyl (C=O) groups is 2. The van der Waals surface area contributed by atoms with Gasteiger partial charge >= 0.3 is 6.09 Å². The highest BCUT2D eigenvalue weighted by atomic mass is 32.2. The van der Waals surface area contributed by atoms with Gasteiger partial charge in [-0.05, 0) is 39.1 Å². The smallest absolute Gasteiger partial charge is 0.407 e. The number of carbonyl (C=O) groups excluding carboxylic acids is 2. The zero-order chi connectivity index (χ0) is 25.8. The molecular formula is C25H26N6O5S. The fourth-order valence-electron chi connectivity index (χ4n) is 4.28. The van der Waals surface area contributed by atoms with Crippen molar-refractivity contribution in [3.8, 4) is 5.75 Å². The Morgan fingerprint density at radius 3 is 2.59 bits per heavy atom. The molecule has 0 radical (unpaired) electrons. The minimum absolute atomic E-state index is 0.0260. The van der Waals surface area contributed by atoms with E-state index in [0.29, 0.717) is 24.5 Å². The van der Waals surface area contributed by atoms with Gasteiger partial charge in [-0.3, -0.25) is 4.79 Å². The minimum Gasteiger partial charge on any atom is -0.497 e. The normalized spacial score (nSPS) is 20.5. The Kier molecular flexibility index (Phi) is 7.37. The van der Waals surface area contributed by atoms with Crippen LogP contribution in [0, 0.1) is 0 Å². The minimum atomic E-state index is -0.597. The number of β-lactam (4-membered cyclic amide) rings is 1. The van der Waals surface area contributed by atoms with Crippen LogP contribution in [-0.4, -0.2) is 69.4 Å². The zero-order valence-corrected chi connectivity index (χ0v) is 21.1. The number of benzene rings is 2. The first kappa shape index (κ1) is 24.8. The Labute approximate surface area is 217 Å². The standard InChI is InChI=1S/C25H26N6O5S/c1-34-19-10-8-17(9-11-19)13-30-22(27-28-29-30)20-18(15-37-24-21(35-2)23(32)31(20)24)14-36-25(33)26-12-16-6-4-3-5-7-16/h3-11,15,20-21,24H,12-14H2,1-2H3,(H,26,33)/t20?,21-,24-/m0/s1. The number of aromatic nitrogens is 4. The Morgan fingerprint density at radius 1 is 1.08 bits per heavy atom. The fraction of sp³-hybridized carbons (Fsp3) is 0.320. The molecule has 3 aromatic rings. The molecule has 2 aliphatic heterocycles. The molecule has 192 valence electrons. The second-order valence-electron chi connectivity index (χ2n) is 8.48. The Hall–Kier alpha value is -3.90. The van der Waals surface area contributed by atoms with Gasteiger partial charge < -0.3 is 24.4 Å². The molecule has 5 rings (SSSR count). The van der Waals surface area contributed by atoms with Crippen molar-refractivity contribution >= 4 is 23.8 Å². The summed E-state index contributed by atoms with van der Waals surface area (Å²) in [5.41, 5.74) is 2.62. The van der Waals surface area contributed by atoms with Gasteiger partial charge in [0, 0.05) is 19.2 Å². The number of fused-ring (bicyclic) bond motifs is 1. The first-order valence-electron chi connectivity index (χ1n) is 11.6. The third-order valence-electron chi connectivity index (χ3n) is 6.22. The number of rotatable bonds is 9. The third-order valence-corrected chi connectivity index (χ3v) is 7.41. The molecule has 2 aromatic carbocycles. The molecule has 37 heavy (non-hydrogen) atoms. The molecule has 0 bridgehead atoms. The van der Waals surface area contributed by atoms with E-state index in [4.69, 9.17) is 14.2 Å². The Balaban J connectivity index is 1.33. The summed E-state index contributed by atoms with van der Waals surface area (Å²) in [5.74, 6) is 1.06. The predicted molar refractivity (Wildman–Crippen MR) is 134 cm³/mol. The first-order valence-corrected chi connectivity index (χ1v) is 12.6. The fourth-order valence-corrected chi connectivity index (χ4v) is 5.52. The second-order valence-corrected chi connectivity index (χ2v) is 9.47. The SMILES string of the molecule is COc1ccc(Cn2nnnc2C2C(COC(=O)NCc3ccccc3)=CS[C@H]3[C@@H](OC)C(=O)N23)cc1. The summed E-state index contributed by atoms with van der Waals surface area (Å²) in [6.45, 7) is 0.711. The molecule has 1 N–H and O–H groups in total. The van der Waals surface area contributed by atoms with E-state index in [1.54, 1.807) is 16.7 Å². The van der Waals surface area contributed by atoms with Gasteiger partial charge in [-0.15, -0.1) is 16.9 Å². The molecule has 1 saturated heterocycles. The maximum absolute atomic E-state index is 13.0. The van der Waals surface area contributed by atoms with Crippen LogP contribution >= 0.6 is 11.8 Å². The summed E-state index contributed by atoms with van der Waals surface area (Å²) in [7, 11) is 3.13. The number of hydrogen-bond acceptors (Lipinski definition) is 9. The molecule has 1 fully saturated rings. The van der Waals surface area contributed by atoms with Crippen molar-refractivity contribution < 1.29 is 23.8 Å². The summed E-state index contributed by atoms with van der Waals surface area (Å²) in [6, 6.07) is 16.5. The van der Waals surface area contributed by atoms with Gasteiger partial charge in [0.2, 0.25) is 0 Å². The second kappa shape index (κ2) is 11.0. The van der Waals surface area contributed by atoms with Crippen molar-refractivity contribution in [2.75, 3.05) is 20.8 Å². The van der Waals surface area contributed by atoms with Crippen molar-refractivity contribution in [1.82, 2.24) is 30.4 Å². The largest absolute Gasteiger partial charge is 0.497 e. The molecule has 3 heterocycles. The maximum atomic E-state index is 13.0. The quantitative estimate of drug-likeness (QED) is 0.423. The molecular weight excluding hydrogens is 496 g/mol. The summed E-state index contributed by atoms with van der Waals surface area (Å²) >= 11 is 1.45. The van der Waals surface area contributed by atoms with Gasteiger partial charge in [0.15, 0.2) is 11.9 Å². The van der Waals surface area contributed by atoms with Gasteiger partial charge in [-0.25, -0.2) is 9.48 Å². The highest BCUT2D eigenvalue weighted by molar-refractivity contribution is 8.02. The maximum Gasteiger partial charge on any atom is 0.407 e. The van der Waals surface area contributed by atoms with Crippen LogP contribution < -0.4 is 10.1 Å². The van der Waals surface area contributed by atoms with Crippen LogP contribution in [0.5, 0.6) is 5.75 Å². The Morgan fingerprint density at radius 2 is 1.86 bits per heavy atom. The van der Waals surface area contributed by atoms with Crippen LogP contribution in [0.25, 0.3) is 0 Å². The van der Waals surface area contributed by atoms with E-state index in [2.05, 4.69) is 20.8 Å². The van der Waals surface area contributed by atoms with Crippen molar-refractivity contribution in [2.24, 2.45) is 0 Å². The van der Waals surface area contributed by atoms with Crippen molar-refractivity contribution in [2.45, 2.75) is 30.6 Å². The number of methoxy groups -OCH3 is 2. The average Bonchev–Trinajstić information content (AvgIpc) is 3.39. The predicted octanol–water partition coefficient (Wildman–Crippen LogP) is 2.51. The average molecular weight is 523 g/mol. The topological polar surface area (TPSA) is 121 Å². The van der Waals surface area contributed by atoms with Crippen molar-refractivity contribution in [1.29, 1.82) is 0 Å². The van der Waals surface area contributed by atoms with Crippen LogP contribution in [0.4, 0.5) is 4.79 Å². The lowest BCUT2D eigenvalue weighted by Crippen LogP contribution is -2.66. The van der Waals surface area contributed by atoms with E-state index in [-0.39, 0.29) is 17.9 Å². The molecule has 3 atom stereocenters. The first-order chi connectivity index (χ1) is 18.1. The van der Waals surface area contributed by atoms with Crippen LogP contribution in [0.1, 0.15) is 23.0 Å². The number of alkyl carbamates (subject to hydrolysis) is 1. The number of tetrazole rings is 1. The van der Waals surface area contributed by atoms with E-state index in [1.807, 2.05) is 60.0 Å². The molecule has 0 aliphatic carbocycles. The van der Waals surface area contributed by atoms with Gasteiger partial charge in [-0.1, -0.05) is 42.5 Å². The number of nitrogens with zero attached hydrogens (tertiary/aromatic N) is 5. The molecule has 12 heteroatoms. The molecule has 2 amide bonds. The lowest BCUT2D eigenvalue weighted by molar-refractivity contribution is -0.166. The van der Waals surface area contributed by atoms with Gasteiger partial charge in [0.1, 0.15) is 23.8 Å². The number of ether oxygens (including phenoxy) is 3. The monoisotopic (exact) mass is 522 g/mol. The van der Waals surface area contributed by atoms with Crippen LogP contribution in [0.2, 0.25) is 0 Å². The lowest BCUT2D eigenvalue weighted by atomic mass is 9.99. The van der Waals surface area contributed by atoms with E-state index >= 15 is 0 Å². The number of amides is 2. The van der Waals surface area contributed by atoms with E-state index < -0.39 is 18.2 Å². The highest BCUT2D eigenvalue weighted by Gasteiger charge is 2.55. The van der Waals surface area contributed by atoms with E-state index in [1.165, 1.54) is 18.9 Å². The zero-order valence-electron chi connectivity index (χ0n) is 20.3. The number of hydrogen-bond donors (Lipinski definition) is 1. The molecule has 1 aromatic heterocycles. The summed E-state index contributed by atoms with van der Waals surface area (Å²) in [5, 5.41) is 16.8. The van der Waals surface area contributed by atoms with E-state index in [9.17, 15) is 9.59 Å². The third kappa shape index (κ3) is 5.16. The summed E-state index contributed by atoms with van der Waals surface area (Å²) in [6.07, 6.45) is -1.11. The highest BCUT2D eigenvalue weighted by Crippen LogP contribution is 2.46. The van der Waals surface area contributed by atoms with Gasteiger partial charge in [-0.2, -0.15) is 0 Å². The molecule has 0 spiro atoms. The van der Waals surface area contributed by atoms with Crippen molar-refractivity contribution in [3.63, 3.8) is 0 Å². The molecule has 11 nitrogen and oxygen atoms in total. The lowest BCUT2D eigenvalue weighted by Gasteiger charge is -2.51. The Bertz CT molecular complexity index is 1280. The number of nitrogens with one attached hydrogen (secondary N) is 1. The molecule has 1 unspecified atom stereocenters. The molecule has 0 saturated carbocycles. The van der Waals surface area contributed by atoms with Gasteiger partial charge in [0.05, 0.1) is 13.7 Å². The van der Waals surface area contributed by atoms with Crippen LogP contribution in [-0.2, 0) is 27.4 Å². The van der Waals surface area contributed by atoms with Gasteiger partial charge in [0.25, 0.3) is 5.91 Å². The van der Waals surface area contributed by atoms with Crippen LogP contribution in [0.3, 0.4) is 0 Å². The number of thioether (sulfide) groups is 1. The molecule has 2 aliphatic rings. The van der Waals surface area contributed by atoms with Crippen LogP contribution in [0.15, 0.2) is 65.6 Å². The van der Waals surface area contributed by atoms with E-state index in [0.717, 1.165) is 16.9 Å². The summed E-state index contributed by atoms with van der Waals surface area (Å²) < 4.78 is 17.8.